The van der Waals surface area contributed by atoms with Gasteiger partial charge < -0.3 is 9.47 Å². The van der Waals surface area contributed by atoms with Crippen LogP contribution in [0.5, 0.6) is 0 Å². The predicted molar refractivity (Wildman–Crippen MR) is 79.1 cm³/mol. The van der Waals surface area contributed by atoms with Crippen molar-refractivity contribution in [3.8, 4) is 11.5 Å². The molecule has 1 fully saturated rings. The summed E-state index contributed by atoms with van der Waals surface area (Å²) in [5.41, 5.74) is 3.40. The van der Waals surface area contributed by atoms with E-state index >= 15 is 0 Å². The summed E-state index contributed by atoms with van der Waals surface area (Å²) in [6.07, 6.45) is 8.18. The van der Waals surface area contributed by atoms with Crippen LogP contribution in [-0.4, -0.2) is 27.6 Å². The maximum atomic E-state index is 5.69. The molecule has 18 heavy (non-hydrogen) atoms. The van der Waals surface area contributed by atoms with E-state index in [2.05, 4.69) is 31.1 Å². The van der Waals surface area contributed by atoms with Gasteiger partial charge in [0.2, 0.25) is 0 Å². The van der Waals surface area contributed by atoms with Crippen molar-refractivity contribution in [2.45, 2.75) is 70.9 Å². The van der Waals surface area contributed by atoms with Crippen molar-refractivity contribution in [3.05, 3.63) is 0 Å². The molecule has 1 aliphatic rings. The molecule has 0 spiro atoms. The van der Waals surface area contributed by atoms with E-state index < -0.39 is 8.07 Å². The van der Waals surface area contributed by atoms with Crippen molar-refractivity contribution in [3.63, 3.8) is 0 Å². The Bertz CT molecular complexity index is 266. The second-order valence-electron chi connectivity index (χ2n) is 6.03. The molecule has 0 aromatic carbocycles. The second kappa shape index (κ2) is 8.74. The summed E-state index contributed by atoms with van der Waals surface area (Å²) in [5.74, 6) is 3.31. The summed E-state index contributed by atoms with van der Waals surface area (Å²) >= 11 is 0. The zero-order valence-corrected chi connectivity index (χ0v) is 13.3. The Labute approximate surface area is 113 Å². The third-order valence-corrected chi connectivity index (χ3v) is 3.78. The van der Waals surface area contributed by atoms with Gasteiger partial charge in [-0.05, 0) is 32.1 Å². The number of ether oxygens (including phenoxy) is 2. The Balaban J connectivity index is 1.90. The quantitative estimate of drug-likeness (QED) is 0.412. The molecule has 0 radical (unpaired) electrons. The van der Waals surface area contributed by atoms with E-state index in [0.29, 0.717) is 0 Å². The van der Waals surface area contributed by atoms with Crippen LogP contribution >= 0.6 is 0 Å². The lowest BCUT2D eigenvalue weighted by atomic mass is 10.2. The third-order valence-electron chi connectivity index (χ3n) is 2.85. The highest BCUT2D eigenvalue weighted by Crippen LogP contribution is 2.14. The summed E-state index contributed by atoms with van der Waals surface area (Å²) in [4.78, 5) is 0. The smallest absolute Gasteiger partial charge is 0.157 e. The van der Waals surface area contributed by atoms with Crippen LogP contribution in [0.15, 0.2) is 0 Å². The SMILES string of the molecule is C[Si](C)(C)C#CCCCCCOC1CCCCO1. The minimum atomic E-state index is -1.16. The molecule has 1 aliphatic heterocycles. The molecule has 0 aromatic heterocycles. The van der Waals surface area contributed by atoms with Gasteiger partial charge in [-0.15, -0.1) is 11.5 Å². The van der Waals surface area contributed by atoms with Crippen LogP contribution in [-0.2, 0) is 9.47 Å². The van der Waals surface area contributed by atoms with Crippen LogP contribution < -0.4 is 0 Å². The first-order valence-corrected chi connectivity index (χ1v) is 10.8. The standard InChI is InChI=1S/C15H28O2Si/c1-18(2,3)14-10-6-4-5-8-12-16-15-11-7-9-13-17-15/h15H,4-9,11-13H2,1-3H3. The Kier molecular flexibility index (Phi) is 7.65. The minimum Gasteiger partial charge on any atom is -0.353 e. The third kappa shape index (κ3) is 8.74. The largest absolute Gasteiger partial charge is 0.353 e. The van der Waals surface area contributed by atoms with Crippen molar-refractivity contribution < 1.29 is 9.47 Å². The van der Waals surface area contributed by atoms with Crippen LogP contribution in [0.1, 0.15) is 44.9 Å². The van der Waals surface area contributed by atoms with Gasteiger partial charge in [-0.2, -0.15) is 0 Å². The molecule has 2 nitrogen and oxygen atoms in total. The van der Waals surface area contributed by atoms with Gasteiger partial charge in [-0.25, -0.2) is 0 Å². The summed E-state index contributed by atoms with van der Waals surface area (Å²) in [5, 5.41) is 0. The second-order valence-corrected chi connectivity index (χ2v) is 10.8. The molecule has 0 bridgehead atoms. The summed E-state index contributed by atoms with van der Waals surface area (Å²) in [6.45, 7) is 8.58. The van der Waals surface area contributed by atoms with Gasteiger partial charge >= 0.3 is 0 Å². The lowest BCUT2D eigenvalue weighted by Crippen LogP contribution is -2.22. The van der Waals surface area contributed by atoms with Crippen molar-refractivity contribution in [2.24, 2.45) is 0 Å². The zero-order valence-electron chi connectivity index (χ0n) is 12.3. The van der Waals surface area contributed by atoms with E-state index in [1.165, 1.54) is 25.7 Å². The van der Waals surface area contributed by atoms with E-state index in [4.69, 9.17) is 9.47 Å². The molecular formula is C15H28O2Si. The van der Waals surface area contributed by atoms with Gasteiger partial charge in [0.15, 0.2) is 6.29 Å². The number of hydrogen-bond donors (Lipinski definition) is 0. The van der Waals surface area contributed by atoms with E-state index in [1.807, 2.05) is 0 Å². The monoisotopic (exact) mass is 268 g/mol. The lowest BCUT2D eigenvalue weighted by Gasteiger charge is -2.22. The molecule has 1 unspecified atom stereocenters. The molecule has 0 N–H and O–H groups in total. The average molecular weight is 268 g/mol. The Hall–Kier alpha value is -0.303. The van der Waals surface area contributed by atoms with Crippen LogP contribution in [0.4, 0.5) is 0 Å². The van der Waals surface area contributed by atoms with E-state index in [1.54, 1.807) is 0 Å². The first-order chi connectivity index (χ1) is 8.58. The number of hydrogen-bond acceptors (Lipinski definition) is 2. The van der Waals surface area contributed by atoms with Gasteiger partial charge in [0, 0.05) is 19.6 Å². The molecule has 1 saturated heterocycles. The van der Waals surface area contributed by atoms with Gasteiger partial charge in [0.05, 0.1) is 0 Å². The molecular weight excluding hydrogens is 240 g/mol. The normalized spacial score (nSPS) is 20.3. The minimum absolute atomic E-state index is 0.0745. The van der Waals surface area contributed by atoms with Crippen LogP contribution in [0.3, 0.4) is 0 Å². The summed E-state index contributed by atoms with van der Waals surface area (Å²) in [6, 6.07) is 0. The Morgan fingerprint density at radius 2 is 2.00 bits per heavy atom. The topological polar surface area (TPSA) is 18.5 Å². The first kappa shape index (κ1) is 15.8. The van der Waals surface area contributed by atoms with Crippen molar-refractivity contribution in [2.75, 3.05) is 13.2 Å². The molecule has 1 atom stereocenters. The maximum Gasteiger partial charge on any atom is 0.157 e. The average Bonchev–Trinajstić information content (AvgIpc) is 2.32. The summed E-state index contributed by atoms with van der Waals surface area (Å²) < 4.78 is 11.2. The van der Waals surface area contributed by atoms with Gasteiger partial charge in [-0.1, -0.05) is 26.1 Å². The molecule has 104 valence electrons. The molecule has 0 amide bonds. The van der Waals surface area contributed by atoms with Crippen molar-refractivity contribution in [1.29, 1.82) is 0 Å². The van der Waals surface area contributed by atoms with E-state index in [0.717, 1.165) is 32.5 Å². The molecule has 1 heterocycles. The molecule has 3 heteroatoms. The fraction of sp³-hybridized carbons (Fsp3) is 0.867. The highest BCUT2D eigenvalue weighted by molar-refractivity contribution is 6.83. The number of rotatable bonds is 6. The van der Waals surface area contributed by atoms with Gasteiger partial charge in [0.25, 0.3) is 0 Å². The van der Waals surface area contributed by atoms with Gasteiger partial charge in [-0.3, -0.25) is 0 Å². The molecule has 0 aliphatic carbocycles. The number of unbranched alkanes of at least 4 members (excludes halogenated alkanes) is 3. The van der Waals surface area contributed by atoms with Crippen LogP contribution in [0.25, 0.3) is 0 Å². The first-order valence-electron chi connectivity index (χ1n) is 7.31. The predicted octanol–water partition coefficient (Wildman–Crippen LogP) is 3.97. The van der Waals surface area contributed by atoms with Crippen LogP contribution in [0, 0.1) is 11.5 Å². The summed E-state index contributed by atoms with van der Waals surface area (Å²) in [7, 11) is -1.16. The molecule has 1 rings (SSSR count). The molecule has 0 saturated carbocycles. The van der Waals surface area contributed by atoms with E-state index in [-0.39, 0.29) is 6.29 Å². The lowest BCUT2D eigenvalue weighted by molar-refractivity contribution is -0.162. The van der Waals surface area contributed by atoms with E-state index in [9.17, 15) is 0 Å². The Morgan fingerprint density at radius 3 is 2.67 bits per heavy atom. The highest BCUT2D eigenvalue weighted by atomic mass is 28.3. The maximum absolute atomic E-state index is 5.69. The zero-order chi connectivity index (χ0) is 13.3. The van der Waals surface area contributed by atoms with Crippen molar-refractivity contribution in [1.82, 2.24) is 0 Å². The van der Waals surface area contributed by atoms with Gasteiger partial charge in [0.1, 0.15) is 8.07 Å². The Morgan fingerprint density at radius 1 is 1.17 bits per heavy atom. The van der Waals surface area contributed by atoms with Crippen molar-refractivity contribution >= 4 is 8.07 Å². The highest BCUT2D eigenvalue weighted by Gasteiger charge is 2.13. The fourth-order valence-electron chi connectivity index (χ4n) is 1.88. The van der Waals surface area contributed by atoms with Crippen LogP contribution in [0.2, 0.25) is 19.6 Å². The fourth-order valence-corrected chi connectivity index (χ4v) is 2.53. The molecule has 0 aromatic rings.